The number of anilines is 1. The molecule has 1 heterocycles. The van der Waals surface area contributed by atoms with E-state index in [1.165, 1.54) is 48.2 Å². The van der Waals surface area contributed by atoms with Crippen molar-refractivity contribution < 1.29 is 0 Å². The molecule has 0 aliphatic heterocycles. The minimum atomic E-state index is 0.831. The smallest absolute Gasteiger partial charge is 0.0938 e. The van der Waals surface area contributed by atoms with Gasteiger partial charge in [-0.1, -0.05) is 39.0 Å². The molecule has 0 spiro atoms. The maximum atomic E-state index is 5.78. The number of nitrogen functional groups attached to an aromatic ring is 1. The molecule has 0 saturated carbocycles. The van der Waals surface area contributed by atoms with Crippen LogP contribution in [0, 0.1) is 0 Å². The van der Waals surface area contributed by atoms with Gasteiger partial charge in [-0.25, -0.2) is 4.98 Å². The number of hydrogen-bond donors (Lipinski definition) is 1. The van der Waals surface area contributed by atoms with Crippen molar-refractivity contribution >= 4 is 27.2 Å². The molecule has 0 atom stereocenters. The summed E-state index contributed by atoms with van der Waals surface area (Å²) in [6.45, 7) is 2.26. The van der Waals surface area contributed by atoms with E-state index in [4.69, 9.17) is 5.73 Å². The monoisotopic (exact) mass is 262 g/mol. The van der Waals surface area contributed by atoms with E-state index in [1.807, 2.05) is 18.2 Å². The highest BCUT2D eigenvalue weighted by Gasteiger charge is 2.03. The van der Waals surface area contributed by atoms with Crippen LogP contribution in [-0.2, 0) is 6.42 Å². The number of fused-ring (bicyclic) bond motifs is 1. The van der Waals surface area contributed by atoms with E-state index in [1.54, 1.807) is 11.3 Å². The van der Waals surface area contributed by atoms with Gasteiger partial charge in [0.15, 0.2) is 0 Å². The van der Waals surface area contributed by atoms with Crippen molar-refractivity contribution in [3.05, 3.63) is 23.2 Å². The van der Waals surface area contributed by atoms with Gasteiger partial charge >= 0.3 is 0 Å². The molecule has 0 amide bonds. The maximum Gasteiger partial charge on any atom is 0.0938 e. The largest absolute Gasteiger partial charge is 0.399 e. The van der Waals surface area contributed by atoms with Gasteiger partial charge in [0.2, 0.25) is 0 Å². The Morgan fingerprint density at radius 2 is 1.89 bits per heavy atom. The Morgan fingerprint density at radius 3 is 2.72 bits per heavy atom. The summed E-state index contributed by atoms with van der Waals surface area (Å²) >= 11 is 1.79. The molecule has 0 aliphatic carbocycles. The Kier molecular flexibility index (Phi) is 5.00. The van der Waals surface area contributed by atoms with Gasteiger partial charge in [-0.05, 0) is 31.0 Å². The summed E-state index contributed by atoms with van der Waals surface area (Å²) in [5, 5.41) is 1.26. The van der Waals surface area contributed by atoms with Gasteiger partial charge in [0.1, 0.15) is 0 Å². The lowest BCUT2D eigenvalue weighted by molar-refractivity contribution is 0.607. The zero-order chi connectivity index (χ0) is 12.8. The van der Waals surface area contributed by atoms with Crippen LogP contribution in [-0.4, -0.2) is 4.98 Å². The molecule has 0 unspecified atom stereocenters. The van der Waals surface area contributed by atoms with Crippen LogP contribution in [0.2, 0.25) is 0 Å². The lowest BCUT2D eigenvalue weighted by Gasteiger charge is -1.98. The van der Waals surface area contributed by atoms with Crippen LogP contribution in [0.15, 0.2) is 18.2 Å². The van der Waals surface area contributed by atoms with E-state index in [0.29, 0.717) is 0 Å². The number of hydrogen-bond acceptors (Lipinski definition) is 3. The molecule has 3 heteroatoms. The lowest BCUT2D eigenvalue weighted by Crippen LogP contribution is -1.85. The van der Waals surface area contributed by atoms with E-state index in [-0.39, 0.29) is 0 Å². The second kappa shape index (κ2) is 6.74. The topological polar surface area (TPSA) is 38.9 Å². The first-order chi connectivity index (χ1) is 8.79. The fourth-order valence-electron chi connectivity index (χ4n) is 2.15. The molecule has 0 radical (unpaired) electrons. The predicted molar refractivity (Wildman–Crippen MR) is 81.1 cm³/mol. The quantitative estimate of drug-likeness (QED) is 0.576. The van der Waals surface area contributed by atoms with Crippen LogP contribution < -0.4 is 5.73 Å². The van der Waals surface area contributed by atoms with Gasteiger partial charge in [-0.3, -0.25) is 0 Å². The van der Waals surface area contributed by atoms with E-state index in [9.17, 15) is 0 Å². The molecule has 1 aromatic carbocycles. The fourth-order valence-corrected chi connectivity index (χ4v) is 3.21. The molecule has 2 nitrogen and oxygen atoms in total. The normalized spacial score (nSPS) is 11.2. The number of nitrogens with two attached hydrogens (primary N) is 1. The van der Waals surface area contributed by atoms with Crippen molar-refractivity contribution in [3.63, 3.8) is 0 Å². The zero-order valence-corrected chi connectivity index (χ0v) is 11.9. The third kappa shape index (κ3) is 3.70. The van der Waals surface area contributed by atoms with Gasteiger partial charge in [0, 0.05) is 5.69 Å². The molecular formula is C15H22N2S. The third-order valence-electron chi connectivity index (χ3n) is 3.20. The van der Waals surface area contributed by atoms with Crippen molar-refractivity contribution in [3.8, 4) is 0 Å². The number of rotatable bonds is 7. The molecule has 98 valence electrons. The highest BCUT2D eigenvalue weighted by molar-refractivity contribution is 7.18. The zero-order valence-electron chi connectivity index (χ0n) is 11.1. The Balaban J connectivity index is 1.81. The highest BCUT2D eigenvalue weighted by Crippen LogP contribution is 2.25. The molecule has 0 fully saturated rings. The minimum absolute atomic E-state index is 0.831. The Bertz CT molecular complexity index is 490. The lowest BCUT2D eigenvalue weighted by atomic mass is 10.1. The number of unbranched alkanes of at least 4 members (excludes halogenated alkanes) is 5. The van der Waals surface area contributed by atoms with E-state index in [0.717, 1.165) is 17.6 Å². The Labute approximate surface area is 113 Å². The second-order valence-corrected chi connectivity index (χ2v) is 5.97. The minimum Gasteiger partial charge on any atom is -0.399 e. The second-order valence-electron chi connectivity index (χ2n) is 4.85. The number of thiazole rings is 1. The highest BCUT2D eigenvalue weighted by atomic mass is 32.1. The summed E-state index contributed by atoms with van der Waals surface area (Å²) in [5.41, 5.74) is 7.70. The summed E-state index contributed by atoms with van der Waals surface area (Å²) in [6, 6.07) is 5.97. The van der Waals surface area contributed by atoms with Gasteiger partial charge in [-0.2, -0.15) is 0 Å². The van der Waals surface area contributed by atoms with E-state index < -0.39 is 0 Å². The molecule has 18 heavy (non-hydrogen) atoms. The molecule has 2 rings (SSSR count). The standard InChI is InChI=1S/C15H22N2S/c1-2-3-4-5-6-7-8-15-17-13-10-9-12(16)11-14(13)18-15/h9-11H,2-8,16H2,1H3. The molecule has 2 N–H and O–H groups in total. The first-order valence-electron chi connectivity index (χ1n) is 6.94. The van der Waals surface area contributed by atoms with Crippen molar-refractivity contribution in [2.24, 2.45) is 0 Å². The summed E-state index contributed by atoms with van der Waals surface area (Å²) in [6.07, 6.45) is 9.15. The van der Waals surface area contributed by atoms with Crippen LogP contribution in [0.3, 0.4) is 0 Å². The molecule has 2 aromatic rings. The van der Waals surface area contributed by atoms with Crippen molar-refractivity contribution in [2.75, 3.05) is 5.73 Å². The average molecular weight is 262 g/mol. The predicted octanol–water partition coefficient (Wildman–Crippen LogP) is 4.78. The van der Waals surface area contributed by atoms with E-state index >= 15 is 0 Å². The van der Waals surface area contributed by atoms with Crippen LogP contribution in [0.1, 0.15) is 50.5 Å². The number of benzene rings is 1. The average Bonchev–Trinajstić information content (AvgIpc) is 2.75. The number of aryl methyl sites for hydroxylation is 1. The molecule has 0 bridgehead atoms. The first-order valence-corrected chi connectivity index (χ1v) is 7.76. The third-order valence-corrected chi connectivity index (χ3v) is 4.28. The van der Waals surface area contributed by atoms with Crippen molar-refractivity contribution in [1.82, 2.24) is 4.98 Å². The van der Waals surface area contributed by atoms with Gasteiger partial charge in [-0.15, -0.1) is 11.3 Å². The summed E-state index contributed by atoms with van der Waals surface area (Å²) < 4.78 is 1.22. The van der Waals surface area contributed by atoms with Crippen LogP contribution in [0.4, 0.5) is 5.69 Å². The Morgan fingerprint density at radius 1 is 1.11 bits per heavy atom. The van der Waals surface area contributed by atoms with Gasteiger partial charge in [0.25, 0.3) is 0 Å². The molecular weight excluding hydrogens is 240 g/mol. The van der Waals surface area contributed by atoms with Gasteiger partial charge in [0.05, 0.1) is 15.2 Å². The van der Waals surface area contributed by atoms with Crippen LogP contribution >= 0.6 is 11.3 Å². The van der Waals surface area contributed by atoms with Crippen LogP contribution in [0.25, 0.3) is 10.2 Å². The van der Waals surface area contributed by atoms with Crippen molar-refractivity contribution in [2.45, 2.75) is 51.9 Å². The number of aromatic nitrogens is 1. The number of nitrogens with zero attached hydrogens (tertiary/aromatic N) is 1. The van der Waals surface area contributed by atoms with Crippen LogP contribution in [0.5, 0.6) is 0 Å². The Hall–Kier alpha value is -1.09. The molecule has 0 aliphatic rings. The SMILES string of the molecule is CCCCCCCCc1nc2ccc(N)cc2s1. The molecule has 1 aromatic heterocycles. The van der Waals surface area contributed by atoms with E-state index in [2.05, 4.69) is 11.9 Å². The summed E-state index contributed by atoms with van der Waals surface area (Å²) in [7, 11) is 0. The summed E-state index contributed by atoms with van der Waals surface area (Å²) in [5.74, 6) is 0. The first kappa shape index (κ1) is 13.3. The fraction of sp³-hybridized carbons (Fsp3) is 0.533. The summed E-state index contributed by atoms with van der Waals surface area (Å²) in [4.78, 5) is 4.65. The molecule has 0 saturated heterocycles. The van der Waals surface area contributed by atoms with Gasteiger partial charge < -0.3 is 5.73 Å². The van der Waals surface area contributed by atoms with Crippen molar-refractivity contribution in [1.29, 1.82) is 0 Å². The maximum absolute atomic E-state index is 5.78.